The first-order chi connectivity index (χ1) is 29.0. The largest absolute Gasteiger partial charge is 0.453 e. The molecule has 2 saturated heterocycles. The number of alkyl carbamates (subject to hydrolysis) is 2. The van der Waals surface area contributed by atoms with Gasteiger partial charge in [0, 0.05) is 26.1 Å². The Kier molecular flexibility index (Phi) is 11.5. The van der Waals surface area contributed by atoms with E-state index >= 15 is 0 Å². The molecule has 4 heterocycles. The Morgan fingerprint density at radius 1 is 0.700 bits per heavy atom. The molecule has 4 atom stereocenters. The van der Waals surface area contributed by atoms with Crippen molar-refractivity contribution in [3.8, 4) is 22.3 Å². The number of nitrogens with zero attached hydrogens (tertiary/aromatic N) is 4. The predicted molar refractivity (Wildman–Crippen MR) is 230 cm³/mol. The molecule has 2 aromatic heterocycles. The molecule has 6 aromatic rings. The smallest absolute Gasteiger partial charge is 0.407 e. The zero-order valence-corrected chi connectivity index (χ0v) is 34.7. The van der Waals surface area contributed by atoms with E-state index in [1.54, 1.807) is 0 Å². The second kappa shape index (κ2) is 17.0. The summed E-state index contributed by atoms with van der Waals surface area (Å²) in [6, 6.07) is 24.4. The van der Waals surface area contributed by atoms with Crippen molar-refractivity contribution < 1.29 is 28.7 Å². The van der Waals surface area contributed by atoms with Gasteiger partial charge in [0.05, 0.1) is 48.4 Å². The molecule has 4 amide bonds. The Balaban J connectivity index is 0.968. The number of H-pyrrole nitrogens is 2. The van der Waals surface area contributed by atoms with Crippen molar-refractivity contribution >= 4 is 56.8 Å². The molecular formula is C46H52N8O6. The lowest BCUT2D eigenvalue weighted by atomic mass is 9.97. The molecule has 0 radical (unpaired) electrons. The van der Waals surface area contributed by atoms with Crippen LogP contribution in [0.5, 0.6) is 0 Å². The van der Waals surface area contributed by atoms with Crippen LogP contribution in [0.1, 0.15) is 76.6 Å². The fourth-order valence-electron chi connectivity index (χ4n) is 8.70. The quantitative estimate of drug-likeness (QED) is 0.102. The minimum Gasteiger partial charge on any atom is -0.453 e. The van der Waals surface area contributed by atoms with E-state index in [1.165, 1.54) is 14.2 Å². The standard InChI is InChI=1S/C46H52N8O6/c1-26(2)41(52-46(58)60-5)44(56)54-19-7-9-39(54)43-49-35-17-15-33(24-37(35)51-43)31-13-11-28-21-30(12-10-29(28)22-31)32-14-16-34-36(23-32)50-42(48-34)38-8-6-18-53(38)40(55)20-27(3)25-47-45(57)59-4/h10-17,21-24,26-27,38-39,41H,6-9,18-20,25H2,1-5H3,(H,47,57)(H,48,50)(H,49,51)(H,52,58). The van der Waals surface area contributed by atoms with Crippen molar-refractivity contribution in [3.05, 3.63) is 84.4 Å². The summed E-state index contributed by atoms with van der Waals surface area (Å²) in [6.07, 6.45) is 2.60. The maximum Gasteiger partial charge on any atom is 0.407 e. The number of benzene rings is 4. The summed E-state index contributed by atoms with van der Waals surface area (Å²) < 4.78 is 9.44. The maximum absolute atomic E-state index is 13.7. The Morgan fingerprint density at radius 2 is 1.20 bits per heavy atom. The number of carbonyl (C=O) groups is 4. The molecule has 60 heavy (non-hydrogen) atoms. The summed E-state index contributed by atoms with van der Waals surface area (Å²) in [6.45, 7) is 7.41. The van der Waals surface area contributed by atoms with Gasteiger partial charge >= 0.3 is 12.2 Å². The van der Waals surface area contributed by atoms with E-state index in [0.717, 1.165) is 92.4 Å². The molecule has 8 rings (SSSR count). The molecule has 0 aliphatic carbocycles. The molecule has 2 aliphatic heterocycles. The second-order valence-electron chi connectivity index (χ2n) is 16.5. The van der Waals surface area contributed by atoms with Crippen molar-refractivity contribution in [1.29, 1.82) is 0 Å². The average molecular weight is 813 g/mol. The summed E-state index contributed by atoms with van der Waals surface area (Å²) in [4.78, 5) is 71.1. The molecule has 0 spiro atoms. The van der Waals surface area contributed by atoms with Gasteiger partial charge < -0.3 is 39.9 Å². The van der Waals surface area contributed by atoms with Gasteiger partial charge in [-0.1, -0.05) is 57.2 Å². The van der Waals surface area contributed by atoms with Gasteiger partial charge in [-0.2, -0.15) is 0 Å². The van der Waals surface area contributed by atoms with Gasteiger partial charge in [0.1, 0.15) is 17.7 Å². The summed E-state index contributed by atoms with van der Waals surface area (Å²) in [5.74, 6) is 1.33. The first-order valence-corrected chi connectivity index (χ1v) is 20.8. The Hall–Kier alpha value is -6.44. The summed E-state index contributed by atoms with van der Waals surface area (Å²) in [5.41, 5.74) is 7.80. The van der Waals surface area contributed by atoms with Gasteiger partial charge in [0.25, 0.3) is 0 Å². The second-order valence-corrected chi connectivity index (χ2v) is 16.5. The highest BCUT2D eigenvalue weighted by Gasteiger charge is 2.38. The molecule has 0 bridgehead atoms. The highest BCUT2D eigenvalue weighted by atomic mass is 16.5. The third kappa shape index (κ3) is 8.23. The number of likely N-dealkylation sites (tertiary alicyclic amines) is 2. The topological polar surface area (TPSA) is 175 Å². The lowest BCUT2D eigenvalue weighted by molar-refractivity contribution is -0.135. The normalized spacial score (nSPS) is 17.7. The Bertz CT molecular complexity index is 2580. The molecule has 4 unspecified atom stereocenters. The molecule has 2 aliphatic rings. The number of methoxy groups -OCH3 is 2. The zero-order chi connectivity index (χ0) is 42.1. The number of hydrogen-bond acceptors (Lipinski definition) is 8. The van der Waals surface area contributed by atoms with Crippen molar-refractivity contribution in [2.75, 3.05) is 33.9 Å². The van der Waals surface area contributed by atoms with Crippen LogP contribution in [-0.4, -0.2) is 93.6 Å². The minimum atomic E-state index is -0.689. The lowest BCUT2D eigenvalue weighted by Crippen LogP contribution is -2.51. The van der Waals surface area contributed by atoms with E-state index in [2.05, 4.69) is 86.0 Å². The number of imidazole rings is 2. The molecule has 14 heteroatoms. The number of amides is 4. The maximum atomic E-state index is 13.7. The van der Waals surface area contributed by atoms with Gasteiger partial charge in [-0.15, -0.1) is 0 Å². The van der Waals surface area contributed by atoms with E-state index in [9.17, 15) is 19.2 Å². The number of carbonyl (C=O) groups excluding carboxylic acids is 4. The van der Waals surface area contributed by atoms with Gasteiger partial charge in [0.15, 0.2) is 0 Å². The van der Waals surface area contributed by atoms with Crippen LogP contribution in [-0.2, 0) is 19.1 Å². The first kappa shape index (κ1) is 40.3. The SMILES string of the molecule is COC(=O)NCC(C)CC(=O)N1CCCC1c1nc2ccc(-c3ccc4cc(-c5ccc6nc(C7CCCN7C(=O)C(NC(=O)OC)C(C)C)[nH]c6c5)ccc4c3)cc2[nH]1. The number of nitrogens with one attached hydrogen (secondary N) is 4. The highest BCUT2D eigenvalue weighted by molar-refractivity contribution is 5.93. The summed E-state index contributed by atoms with van der Waals surface area (Å²) >= 11 is 0. The van der Waals surface area contributed by atoms with Gasteiger partial charge in [-0.25, -0.2) is 19.6 Å². The van der Waals surface area contributed by atoms with Crippen molar-refractivity contribution in [2.45, 2.75) is 71.0 Å². The molecule has 4 N–H and O–H groups in total. The van der Waals surface area contributed by atoms with Crippen molar-refractivity contribution in [1.82, 2.24) is 40.4 Å². The lowest BCUT2D eigenvalue weighted by Gasteiger charge is -2.29. The Labute approximate surface area is 348 Å². The van der Waals surface area contributed by atoms with E-state index in [0.29, 0.717) is 26.1 Å². The number of aromatic nitrogens is 4. The Morgan fingerprint density at radius 3 is 1.73 bits per heavy atom. The van der Waals surface area contributed by atoms with Crippen LogP contribution in [0.25, 0.3) is 55.1 Å². The minimum absolute atomic E-state index is 0.0249. The van der Waals surface area contributed by atoms with E-state index < -0.39 is 18.2 Å². The summed E-state index contributed by atoms with van der Waals surface area (Å²) in [7, 11) is 2.62. The fraction of sp³-hybridized carbons (Fsp3) is 0.391. The van der Waals surface area contributed by atoms with E-state index in [-0.39, 0.29) is 35.7 Å². The van der Waals surface area contributed by atoms with E-state index in [1.807, 2.05) is 42.7 Å². The number of aromatic amines is 2. The molecule has 0 saturated carbocycles. The van der Waals surface area contributed by atoms with Gasteiger partial charge in [0.2, 0.25) is 11.8 Å². The van der Waals surface area contributed by atoms with E-state index in [4.69, 9.17) is 14.7 Å². The van der Waals surface area contributed by atoms with Crippen molar-refractivity contribution in [2.24, 2.45) is 11.8 Å². The van der Waals surface area contributed by atoms with Crippen LogP contribution in [0.3, 0.4) is 0 Å². The third-order valence-corrected chi connectivity index (χ3v) is 11.9. The zero-order valence-electron chi connectivity index (χ0n) is 34.7. The fourth-order valence-corrected chi connectivity index (χ4v) is 8.70. The number of ether oxygens (including phenoxy) is 2. The van der Waals surface area contributed by atoms with Crippen molar-refractivity contribution in [3.63, 3.8) is 0 Å². The molecule has 4 aromatic carbocycles. The van der Waals surface area contributed by atoms with Crippen LogP contribution < -0.4 is 10.6 Å². The summed E-state index contributed by atoms with van der Waals surface area (Å²) in [5, 5.41) is 7.63. The average Bonchev–Trinajstić information content (AvgIpc) is 4.09. The molecule has 2 fully saturated rings. The highest BCUT2D eigenvalue weighted by Crippen LogP contribution is 2.36. The number of hydrogen-bond donors (Lipinski definition) is 4. The predicted octanol–water partition coefficient (Wildman–Crippen LogP) is 8.02. The van der Waals surface area contributed by atoms with Crippen LogP contribution in [0.2, 0.25) is 0 Å². The van der Waals surface area contributed by atoms with Gasteiger partial charge in [-0.3, -0.25) is 9.59 Å². The molecular weight excluding hydrogens is 761 g/mol. The third-order valence-electron chi connectivity index (χ3n) is 11.9. The monoisotopic (exact) mass is 812 g/mol. The van der Waals surface area contributed by atoms with Crippen LogP contribution in [0.15, 0.2) is 72.8 Å². The molecule has 14 nitrogen and oxygen atoms in total. The first-order valence-electron chi connectivity index (χ1n) is 20.8. The number of fused-ring (bicyclic) bond motifs is 3. The van der Waals surface area contributed by atoms with Crippen LogP contribution in [0, 0.1) is 11.8 Å². The van der Waals surface area contributed by atoms with Crippen LogP contribution in [0.4, 0.5) is 9.59 Å². The molecule has 312 valence electrons. The number of rotatable bonds is 11. The van der Waals surface area contributed by atoms with Crippen LogP contribution >= 0.6 is 0 Å². The van der Waals surface area contributed by atoms with Gasteiger partial charge in [-0.05, 0) is 107 Å².